The summed E-state index contributed by atoms with van der Waals surface area (Å²) in [6.45, 7) is 9.00. The summed E-state index contributed by atoms with van der Waals surface area (Å²) < 4.78 is 37.4. The lowest BCUT2D eigenvalue weighted by atomic mass is 9.50. The third-order valence-corrected chi connectivity index (χ3v) is 17.4. The number of hydrogen-bond donors (Lipinski definition) is 3. The number of allylic oxidation sites excluding steroid dienone is 1. The van der Waals surface area contributed by atoms with Gasteiger partial charge in [0.1, 0.15) is 17.3 Å². The van der Waals surface area contributed by atoms with Crippen LogP contribution < -0.4 is 0 Å². The van der Waals surface area contributed by atoms with Crippen molar-refractivity contribution in [2.75, 3.05) is 66.9 Å². The zero-order valence-electron chi connectivity index (χ0n) is 37.0. The van der Waals surface area contributed by atoms with Crippen LogP contribution in [0.25, 0.3) is 10.9 Å². The molecule has 5 aliphatic heterocycles. The Hall–Kier alpha value is -3.70. The first-order chi connectivity index (χ1) is 29.8. The van der Waals surface area contributed by atoms with Crippen molar-refractivity contribution in [1.29, 1.82) is 0 Å². The Labute approximate surface area is 366 Å². The Balaban J connectivity index is 1.31. The minimum absolute atomic E-state index is 0.0120. The van der Waals surface area contributed by atoms with E-state index in [9.17, 15) is 24.4 Å². The summed E-state index contributed by atoms with van der Waals surface area (Å²) in [5, 5.41) is 23.9. The fourth-order valence-corrected chi connectivity index (χ4v) is 14.7. The maximum atomic E-state index is 15.4. The lowest BCUT2D eigenvalue weighted by Gasteiger charge is -2.61. The lowest BCUT2D eigenvalue weighted by molar-refractivity contribution is -0.238. The van der Waals surface area contributed by atoms with E-state index in [1.54, 1.807) is 7.11 Å². The third-order valence-electron chi connectivity index (χ3n) is 16.1. The zero-order chi connectivity index (χ0) is 44.0. The van der Waals surface area contributed by atoms with E-state index in [4.69, 9.17) is 18.9 Å². The van der Waals surface area contributed by atoms with Crippen LogP contribution in [0.5, 0.6) is 0 Å². The van der Waals surface area contributed by atoms with Crippen LogP contribution in [0.3, 0.4) is 0 Å². The van der Waals surface area contributed by atoms with E-state index in [1.165, 1.54) is 26.7 Å². The average Bonchev–Trinajstić information content (AvgIpc) is 3.91. The number of aliphatic hydroxyl groups is 2. The molecule has 0 radical (unpaired) electrons. The van der Waals surface area contributed by atoms with Gasteiger partial charge in [-0.3, -0.25) is 19.4 Å². The molecule has 15 heteroatoms. The van der Waals surface area contributed by atoms with Gasteiger partial charge >= 0.3 is 17.9 Å². The molecule has 1 saturated carbocycles. The van der Waals surface area contributed by atoms with Crippen LogP contribution in [0.1, 0.15) is 64.1 Å². The molecule has 3 saturated heterocycles. The molecule has 14 nitrogen and oxygen atoms in total. The molecule has 2 aromatic rings. The summed E-state index contributed by atoms with van der Waals surface area (Å²) in [6.07, 6.45) is 8.30. The van der Waals surface area contributed by atoms with Crippen LogP contribution in [0.4, 0.5) is 0 Å². The van der Waals surface area contributed by atoms with E-state index >= 15 is 4.79 Å². The fourth-order valence-electron chi connectivity index (χ4n) is 13.9. The summed E-state index contributed by atoms with van der Waals surface area (Å²) in [5.41, 5.74) is 1.11. The van der Waals surface area contributed by atoms with E-state index in [0.717, 1.165) is 72.3 Å². The minimum Gasteiger partial charge on any atom is -0.611 e. The molecule has 336 valence electrons. The van der Waals surface area contributed by atoms with Gasteiger partial charge in [-0.1, -0.05) is 38.0 Å². The molecule has 0 amide bonds. The first-order valence-corrected chi connectivity index (χ1v) is 23.7. The number of hydrogen-bond acceptors (Lipinski definition) is 13. The highest BCUT2D eigenvalue weighted by atomic mass is 32.2. The second kappa shape index (κ2) is 16.1. The molecule has 1 aromatic heterocycles. The number of benzene rings is 1. The van der Waals surface area contributed by atoms with Gasteiger partial charge in [0, 0.05) is 92.4 Å². The summed E-state index contributed by atoms with van der Waals surface area (Å²) in [5.74, 6) is -2.68. The maximum Gasteiger partial charge on any atom is 0.344 e. The van der Waals surface area contributed by atoms with Crippen molar-refractivity contribution < 1.29 is 48.1 Å². The summed E-state index contributed by atoms with van der Waals surface area (Å²) >= 11 is -1.43. The Morgan fingerprint density at radius 2 is 1.82 bits per heavy atom. The van der Waals surface area contributed by atoms with Crippen LogP contribution in [-0.2, 0) is 56.5 Å². The van der Waals surface area contributed by atoms with Crippen LogP contribution in [0.2, 0.25) is 0 Å². The Bertz CT molecular complexity index is 2240. The Morgan fingerprint density at radius 3 is 2.50 bits per heavy atom. The van der Waals surface area contributed by atoms with Crippen molar-refractivity contribution in [1.82, 2.24) is 19.7 Å². The first-order valence-electron chi connectivity index (χ1n) is 22.3. The van der Waals surface area contributed by atoms with Gasteiger partial charge in [0.15, 0.2) is 4.90 Å². The highest BCUT2D eigenvalue weighted by Crippen LogP contribution is 2.68. The van der Waals surface area contributed by atoms with E-state index < -0.39 is 69.7 Å². The smallest absolute Gasteiger partial charge is 0.344 e. The maximum absolute atomic E-state index is 15.4. The number of carbonyl (C=O) groups is 3. The summed E-state index contributed by atoms with van der Waals surface area (Å²) in [4.78, 5) is 54.0. The standard InChI is InChI=1S/C47H62N4O10S/c1-8-27-18-28-22-46(43(54)59-6,39-32(25-50(23-27)24-28)31-19-30(62(57)17-16-52)10-11-35(31)48-39)34-20-33-36(21-37(34)58-5)49(4)42-45(33)13-15-51-14-12-29(9-2)38(40(45)51)41(61-26(3)53)47(42,56)44(55)60-7/h10-11,18-21,28-29,34,37-38,40-42,48,52,56H,8-9,12-17,22-25H2,1-7H3/t28-,29+,34?,37?,38?,40+,41-,42-,45-,46+,47-,62?/m1/s1. The van der Waals surface area contributed by atoms with Crippen LogP contribution >= 0.6 is 0 Å². The van der Waals surface area contributed by atoms with Gasteiger partial charge in [-0.25, -0.2) is 4.79 Å². The molecular weight excluding hydrogens is 813 g/mol. The molecule has 1 spiro atoms. The number of aromatic amines is 1. The predicted molar refractivity (Wildman–Crippen MR) is 231 cm³/mol. The zero-order valence-corrected chi connectivity index (χ0v) is 37.8. The number of piperidine rings is 1. The monoisotopic (exact) mass is 874 g/mol. The molecule has 4 fully saturated rings. The second-order valence-corrected chi connectivity index (χ2v) is 20.3. The van der Waals surface area contributed by atoms with Crippen molar-refractivity contribution in [2.24, 2.45) is 29.1 Å². The Morgan fingerprint density at radius 1 is 1.05 bits per heavy atom. The van der Waals surface area contributed by atoms with Crippen molar-refractivity contribution in [3.05, 3.63) is 64.5 Å². The molecule has 62 heavy (non-hydrogen) atoms. The first kappa shape index (κ1) is 43.5. The average molecular weight is 875 g/mol. The van der Waals surface area contributed by atoms with Crippen molar-refractivity contribution in [3.63, 3.8) is 0 Å². The molecule has 9 rings (SSSR count). The predicted octanol–water partition coefficient (Wildman–Crippen LogP) is 3.58. The van der Waals surface area contributed by atoms with Gasteiger partial charge in [0.25, 0.3) is 0 Å². The molecule has 7 aliphatic rings. The number of likely N-dealkylation sites (tertiary alicyclic amines) is 1. The van der Waals surface area contributed by atoms with Crippen molar-refractivity contribution in [2.45, 2.75) is 99.6 Å². The number of rotatable bonds is 10. The second-order valence-electron chi connectivity index (χ2n) is 18.8. The molecule has 13 atom stereocenters. The number of methoxy groups -OCH3 is 3. The van der Waals surface area contributed by atoms with Crippen LogP contribution in [0, 0.1) is 29.1 Å². The quantitative estimate of drug-likeness (QED) is 0.137. The van der Waals surface area contributed by atoms with Gasteiger partial charge in [-0.15, -0.1) is 0 Å². The van der Waals surface area contributed by atoms with Crippen molar-refractivity contribution >= 4 is 40.0 Å². The largest absolute Gasteiger partial charge is 0.611 e. The van der Waals surface area contributed by atoms with E-state index in [1.807, 2.05) is 30.1 Å². The van der Waals surface area contributed by atoms with Gasteiger partial charge in [0.05, 0.1) is 33.0 Å². The number of fused-ring (bicyclic) bond motifs is 6. The van der Waals surface area contributed by atoms with Crippen LogP contribution in [0.15, 0.2) is 58.2 Å². The molecule has 2 aliphatic carbocycles. The third kappa shape index (κ3) is 6.08. The minimum atomic E-state index is -2.24. The van der Waals surface area contributed by atoms with Gasteiger partial charge in [0.2, 0.25) is 5.60 Å². The van der Waals surface area contributed by atoms with Gasteiger partial charge < -0.3 is 43.6 Å². The molecule has 6 heterocycles. The van der Waals surface area contributed by atoms with Crippen LogP contribution in [-0.4, -0.2) is 149 Å². The summed E-state index contributed by atoms with van der Waals surface area (Å²) in [6, 6.07) is 4.60. The molecular formula is C47H62N4O10S. The Kier molecular flexibility index (Phi) is 11.3. The number of ether oxygens (including phenoxy) is 4. The number of likely N-dealkylation sites (N-methyl/N-ethyl adjacent to an activating group) is 1. The normalized spacial score (nSPS) is 37.7. The van der Waals surface area contributed by atoms with Gasteiger partial charge in [-0.2, -0.15) is 0 Å². The SMILES string of the molecule is CCC1=C[C@H]2CN(C1)Cc1c([nH]c3ccc([S+]([O-])CCO)cc13)[C@@](C(=O)OC)(C1C=C3C(=CC1OC)N(C)[C@H]1[C@@](O)(C(=O)OC)[C@H](OC(C)=O)C4[C@@H](CC)CCN5CC[C@]31[C@H]45)C2. The molecule has 1 aromatic carbocycles. The number of aromatic nitrogens is 1. The summed E-state index contributed by atoms with van der Waals surface area (Å²) in [7, 11) is 6.25. The number of carbonyl (C=O) groups excluding carboxylic acids is 3. The van der Waals surface area contributed by atoms with E-state index in [2.05, 4.69) is 46.9 Å². The number of H-pyrrole nitrogens is 1. The molecule has 5 unspecified atom stereocenters. The molecule has 3 N–H and O–H groups in total. The van der Waals surface area contributed by atoms with Crippen molar-refractivity contribution in [3.8, 4) is 0 Å². The topological polar surface area (TPSA) is 177 Å². The van der Waals surface area contributed by atoms with E-state index in [-0.39, 0.29) is 36.2 Å². The number of aliphatic hydroxyl groups excluding tert-OH is 1. The number of esters is 3. The highest BCUT2D eigenvalue weighted by Gasteiger charge is 2.79. The lowest BCUT2D eigenvalue weighted by Crippen LogP contribution is -2.77. The highest BCUT2D eigenvalue weighted by molar-refractivity contribution is 7.91. The number of nitrogens with zero attached hydrogens (tertiary/aromatic N) is 3. The van der Waals surface area contributed by atoms with Gasteiger partial charge in [-0.05, 0) is 91.1 Å². The van der Waals surface area contributed by atoms with E-state index in [0.29, 0.717) is 30.8 Å². The fraction of sp³-hybridized carbons (Fsp3) is 0.638. The number of nitrogens with one attached hydrogen (secondary N) is 1. The molecule has 2 bridgehead atoms.